The Balaban J connectivity index is 2.37. The van der Waals surface area contributed by atoms with E-state index in [9.17, 15) is 14.9 Å². The van der Waals surface area contributed by atoms with E-state index in [4.69, 9.17) is 0 Å². The summed E-state index contributed by atoms with van der Waals surface area (Å²) < 4.78 is 0.972. The van der Waals surface area contributed by atoms with Crippen molar-refractivity contribution in [3.63, 3.8) is 0 Å². The molecule has 0 atom stereocenters. The van der Waals surface area contributed by atoms with Crippen LogP contribution in [0.5, 0.6) is 0 Å². The largest absolute Gasteiger partial charge is 0.322 e. The Hall–Kier alpha value is -1.96. The molecule has 0 saturated heterocycles. The van der Waals surface area contributed by atoms with Gasteiger partial charge >= 0.3 is 0 Å². The predicted molar refractivity (Wildman–Crippen MR) is 84.9 cm³/mol. The number of rotatable bonds is 3. The van der Waals surface area contributed by atoms with Crippen LogP contribution in [0.4, 0.5) is 11.4 Å². The molecule has 5 nitrogen and oxygen atoms in total. The van der Waals surface area contributed by atoms with Crippen LogP contribution in [0.3, 0.4) is 0 Å². The van der Waals surface area contributed by atoms with E-state index in [1.54, 1.807) is 31.2 Å². The van der Waals surface area contributed by atoms with Gasteiger partial charge in [0.1, 0.15) is 5.56 Å². The van der Waals surface area contributed by atoms with Crippen LogP contribution in [0.15, 0.2) is 42.5 Å². The van der Waals surface area contributed by atoms with Gasteiger partial charge in [-0.05, 0) is 53.3 Å². The maximum absolute atomic E-state index is 12.3. The molecule has 20 heavy (non-hydrogen) atoms. The molecule has 0 saturated carbocycles. The maximum atomic E-state index is 12.3. The third-order valence-electron chi connectivity index (χ3n) is 2.76. The number of carbonyl (C=O) groups is 1. The van der Waals surface area contributed by atoms with E-state index in [0.29, 0.717) is 11.3 Å². The summed E-state index contributed by atoms with van der Waals surface area (Å²) in [7, 11) is 0. The number of hydrogen-bond donors (Lipinski definition) is 1. The van der Waals surface area contributed by atoms with Crippen molar-refractivity contribution in [1.29, 1.82) is 0 Å². The molecule has 2 aromatic carbocycles. The fraction of sp³-hybridized carbons (Fsp3) is 0.0714. The first-order valence-corrected chi connectivity index (χ1v) is 6.88. The molecule has 0 radical (unpaired) electrons. The third-order valence-corrected chi connectivity index (χ3v) is 3.43. The molecule has 2 aromatic rings. The Morgan fingerprint density at radius 1 is 1.25 bits per heavy atom. The topological polar surface area (TPSA) is 72.2 Å². The van der Waals surface area contributed by atoms with Crippen LogP contribution in [0.2, 0.25) is 0 Å². The van der Waals surface area contributed by atoms with Crippen molar-refractivity contribution in [3.8, 4) is 0 Å². The summed E-state index contributed by atoms with van der Waals surface area (Å²) in [5, 5.41) is 13.7. The second kappa shape index (κ2) is 6.00. The van der Waals surface area contributed by atoms with Gasteiger partial charge in [-0.25, -0.2) is 0 Å². The van der Waals surface area contributed by atoms with Crippen molar-refractivity contribution in [1.82, 2.24) is 0 Å². The summed E-state index contributed by atoms with van der Waals surface area (Å²) in [4.78, 5) is 22.7. The van der Waals surface area contributed by atoms with E-state index in [1.165, 1.54) is 6.07 Å². The average molecular weight is 382 g/mol. The molecule has 2 rings (SSSR count). The summed E-state index contributed by atoms with van der Waals surface area (Å²) in [6.45, 7) is 1.68. The molecular weight excluding hydrogens is 371 g/mol. The van der Waals surface area contributed by atoms with Crippen LogP contribution < -0.4 is 5.32 Å². The van der Waals surface area contributed by atoms with Gasteiger partial charge in [-0.2, -0.15) is 0 Å². The second-order valence-electron chi connectivity index (χ2n) is 4.19. The number of halogens is 1. The Morgan fingerprint density at radius 2 is 1.95 bits per heavy atom. The van der Waals surface area contributed by atoms with E-state index in [0.717, 1.165) is 3.57 Å². The number of nitro groups is 1. The maximum Gasteiger partial charge on any atom is 0.282 e. The SMILES string of the molecule is Cc1cccc([N+](=O)[O-])c1C(=O)Nc1cccc(I)c1. The van der Waals surface area contributed by atoms with Crippen molar-refractivity contribution >= 4 is 39.9 Å². The van der Waals surface area contributed by atoms with Crippen molar-refractivity contribution in [3.05, 3.63) is 67.3 Å². The standard InChI is InChI=1S/C14H11IN2O3/c1-9-4-2-7-12(17(19)20)13(9)14(18)16-11-6-3-5-10(15)8-11/h2-8H,1H3,(H,16,18). The number of benzene rings is 2. The zero-order valence-electron chi connectivity index (χ0n) is 10.6. The van der Waals surface area contributed by atoms with Crippen LogP contribution in [0, 0.1) is 20.6 Å². The fourth-order valence-corrected chi connectivity index (χ4v) is 2.40. The highest BCUT2D eigenvalue weighted by molar-refractivity contribution is 14.1. The molecule has 0 aromatic heterocycles. The molecule has 0 aliphatic carbocycles. The van der Waals surface area contributed by atoms with Gasteiger partial charge < -0.3 is 5.32 Å². The van der Waals surface area contributed by atoms with Gasteiger partial charge in [-0.3, -0.25) is 14.9 Å². The van der Waals surface area contributed by atoms with Crippen molar-refractivity contribution in [2.75, 3.05) is 5.32 Å². The monoisotopic (exact) mass is 382 g/mol. The van der Waals surface area contributed by atoms with Gasteiger partial charge in [-0.1, -0.05) is 18.2 Å². The number of carbonyl (C=O) groups excluding carboxylic acids is 1. The Kier molecular flexibility index (Phi) is 4.33. The molecule has 0 bridgehead atoms. The number of amides is 1. The van der Waals surface area contributed by atoms with Crippen LogP contribution >= 0.6 is 22.6 Å². The molecular formula is C14H11IN2O3. The molecule has 1 amide bonds. The smallest absolute Gasteiger partial charge is 0.282 e. The quantitative estimate of drug-likeness (QED) is 0.499. The van der Waals surface area contributed by atoms with Gasteiger partial charge in [0.15, 0.2) is 0 Å². The summed E-state index contributed by atoms with van der Waals surface area (Å²) in [6.07, 6.45) is 0. The van der Waals surface area contributed by atoms with Crippen LogP contribution in [0.1, 0.15) is 15.9 Å². The second-order valence-corrected chi connectivity index (χ2v) is 5.44. The van der Waals surface area contributed by atoms with E-state index >= 15 is 0 Å². The number of aryl methyl sites for hydroxylation is 1. The van der Waals surface area contributed by atoms with Crippen molar-refractivity contribution in [2.24, 2.45) is 0 Å². The molecule has 1 N–H and O–H groups in total. The molecule has 102 valence electrons. The Labute approximate surface area is 129 Å². The number of anilines is 1. The van der Waals surface area contributed by atoms with E-state index in [-0.39, 0.29) is 11.3 Å². The molecule has 0 heterocycles. The highest BCUT2D eigenvalue weighted by Gasteiger charge is 2.22. The van der Waals surface area contributed by atoms with Gasteiger partial charge in [0.05, 0.1) is 4.92 Å². The number of hydrogen-bond acceptors (Lipinski definition) is 3. The van der Waals surface area contributed by atoms with E-state index in [2.05, 4.69) is 27.9 Å². The highest BCUT2D eigenvalue weighted by atomic mass is 127. The van der Waals surface area contributed by atoms with Gasteiger partial charge in [0.2, 0.25) is 0 Å². The highest BCUT2D eigenvalue weighted by Crippen LogP contribution is 2.23. The lowest BCUT2D eigenvalue weighted by Gasteiger charge is -2.08. The summed E-state index contributed by atoms with van der Waals surface area (Å²) >= 11 is 2.13. The first kappa shape index (κ1) is 14.4. The van der Waals surface area contributed by atoms with Gasteiger partial charge in [0, 0.05) is 15.3 Å². The number of nitrogens with one attached hydrogen (secondary N) is 1. The lowest BCUT2D eigenvalue weighted by Crippen LogP contribution is -2.15. The molecule has 0 fully saturated rings. The molecule has 0 aliphatic heterocycles. The van der Waals surface area contributed by atoms with Gasteiger partial charge in [0.25, 0.3) is 11.6 Å². The third kappa shape index (κ3) is 3.13. The van der Waals surface area contributed by atoms with Crippen LogP contribution in [-0.2, 0) is 0 Å². The molecule has 6 heteroatoms. The normalized spacial score (nSPS) is 10.1. The summed E-state index contributed by atoms with van der Waals surface area (Å²) in [5.74, 6) is -0.475. The average Bonchev–Trinajstić information content (AvgIpc) is 2.38. The minimum Gasteiger partial charge on any atom is -0.322 e. The first-order valence-electron chi connectivity index (χ1n) is 5.80. The first-order chi connectivity index (χ1) is 9.49. The predicted octanol–water partition coefficient (Wildman–Crippen LogP) is 3.76. The summed E-state index contributed by atoms with van der Waals surface area (Å²) in [5.41, 5.74) is 1.09. The fourth-order valence-electron chi connectivity index (χ4n) is 1.86. The zero-order valence-corrected chi connectivity index (χ0v) is 12.7. The summed E-state index contributed by atoms with van der Waals surface area (Å²) in [6, 6.07) is 11.8. The van der Waals surface area contributed by atoms with Crippen molar-refractivity contribution < 1.29 is 9.72 Å². The molecule has 0 aliphatic rings. The minimum absolute atomic E-state index is 0.0939. The number of nitrogens with zero attached hydrogens (tertiary/aromatic N) is 1. The van der Waals surface area contributed by atoms with Crippen molar-refractivity contribution in [2.45, 2.75) is 6.92 Å². The van der Waals surface area contributed by atoms with E-state index in [1.807, 2.05) is 12.1 Å². The Morgan fingerprint density at radius 3 is 2.60 bits per heavy atom. The zero-order chi connectivity index (χ0) is 14.7. The van der Waals surface area contributed by atoms with Crippen LogP contribution in [-0.4, -0.2) is 10.8 Å². The molecule has 0 unspecified atom stereocenters. The van der Waals surface area contributed by atoms with Crippen LogP contribution in [0.25, 0.3) is 0 Å². The molecule has 0 spiro atoms. The number of nitro benzene ring substituents is 1. The van der Waals surface area contributed by atoms with E-state index < -0.39 is 10.8 Å². The minimum atomic E-state index is -0.545. The lowest BCUT2D eigenvalue weighted by atomic mass is 10.1. The lowest BCUT2D eigenvalue weighted by molar-refractivity contribution is -0.385. The van der Waals surface area contributed by atoms with Gasteiger partial charge in [-0.15, -0.1) is 0 Å². The Bertz CT molecular complexity index is 686.